The van der Waals surface area contributed by atoms with Gasteiger partial charge in [0, 0.05) is 27.8 Å². The number of hydrogen-bond donors (Lipinski definition) is 0. The average molecular weight is 608 g/mol. The molecule has 9 rings (SSSR count). The maximum Gasteiger partial charge on any atom is 0.0542 e. The molecule has 1 heteroatoms. The summed E-state index contributed by atoms with van der Waals surface area (Å²) in [5.74, 6) is 0. The van der Waals surface area contributed by atoms with E-state index in [1.807, 2.05) is 0 Å². The molecule has 0 amide bonds. The third kappa shape index (κ3) is 4.15. The molecule has 1 spiro atoms. The summed E-state index contributed by atoms with van der Waals surface area (Å²) in [6.07, 6.45) is 5.03. The van der Waals surface area contributed by atoms with Crippen LogP contribution in [0.3, 0.4) is 0 Å². The Bertz CT molecular complexity index is 2190. The van der Waals surface area contributed by atoms with Crippen LogP contribution >= 0.6 is 0 Å². The van der Waals surface area contributed by atoms with E-state index in [4.69, 9.17) is 0 Å². The first-order chi connectivity index (χ1) is 22.8. The average Bonchev–Trinajstić information content (AvgIpc) is 3.75. The molecule has 0 N–H and O–H groups in total. The van der Waals surface area contributed by atoms with Gasteiger partial charge in [-0.25, -0.2) is 0 Å². The highest BCUT2D eigenvalue weighted by Crippen LogP contribution is 2.58. The lowest BCUT2D eigenvalue weighted by molar-refractivity contribution is 0.550. The smallest absolute Gasteiger partial charge is 0.0542 e. The molecule has 1 fully saturated rings. The van der Waals surface area contributed by atoms with Crippen molar-refractivity contribution in [3.8, 4) is 33.4 Å². The quantitative estimate of drug-likeness (QED) is 0.193. The lowest BCUT2D eigenvalue weighted by Gasteiger charge is -2.32. The highest BCUT2D eigenvalue weighted by molar-refractivity contribution is 5.92. The van der Waals surface area contributed by atoms with E-state index in [-0.39, 0.29) is 10.8 Å². The third-order valence-electron chi connectivity index (χ3n) is 11.5. The zero-order chi connectivity index (χ0) is 31.9. The van der Waals surface area contributed by atoms with Crippen LogP contribution in [-0.2, 0) is 10.8 Å². The molecule has 0 radical (unpaired) electrons. The molecule has 6 aromatic rings. The number of hydrogen-bond acceptors (Lipinski definition) is 1. The molecule has 0 bridgehead atoms. The van der Waals surface area contributed by atoms with Crippen molar-refractivity contribution in [2.75, 3.05) is 4.90 Å². The summed E-state index contributed by atoms with van der Waals surface area (Å²) in [5, 5.41) is 0. The van der Waals surface area contributed by atoms with E-state index in [1.54, 1.807) is 0 Å². The number of benzene rings is 6. The highest BCUT2D eigenvalue weighted by atomic mass is 15.1. The molecule has 0 heterocycles. The van der Waals surface area contributed by atoms with Crippen LogP contribution in [0.15, 0.2) is 127 Å². The van der Waals surface area contributed by atoms with Gasteiger partial charge in [0.15, 0.2) is 0 Å². The van der Waals surface area contributed by atoms with Gasteiger partial charge in [-0.05, 0) is 113 Å². The standard InChI is InChI=1S/C46H41N/c1-30-15-18-32(19-16-30)35-22-17-31(2)27-44(35)47(33-20-23-38-36-11-5-7-13-40(36)45(3,4)42(38)28-33)34-21-24-39-37-12-6-8-14-41(37)46(43(39)29-34)25-9-10-26-46/h5-8,11-24,27-29H,9-10,25-26H2,1-4H3. The molecule has 3 aliphatic carbocycles. The van der Waals surface area contributed by atoms with Gasteiger partial charge >= 0.3 is 0 Å². The summed E-state index contributed by atoms with van der Waals surface area (Å²) < 4.78 is 0. The van der Waals surface area contributed by atoms with Gasteiger partial charge in [-0.1, -0.05) is 129 Å². The minimum atomic E-state index is -0.0759. The van der Waals surface area contributed by atoms with Gasteiger partial charge in [-0.2, -0.15) is 0 Å². The first-order valence-corrected chi connectivity index (χ1v) is 17.3. The minimum absolute atomic E-state index is 0.0759. The Balaban J connectivity index is 1.29. The lowest BCUT2D eigenvalue weighted by atomic mass is 9.76. The Morgan fingerprint density at radius 2 is 1.00 bits per heavy atom. The number of anilines is 3. The van der Waals surface area contributed by atoms with Gasteiger partial charge in [0.05, 0.1) is 5.69 Å². The van der Waals surface area contributed by atoms with E-state index in [9.17, 15) is 0 Å². The van der Waals surface area contributed by atoms with Gasteiger partial charge < -0.3 is 4.90 Å². The van der Waals surface area contributed by atoms with Crippen molar-refractivity contribution in [3.05, 3.63) is 161 Å². The summed E-state index contributed by atoms with van der Waals surface area (Å²) in [6, 6.07) is 48.6. The molecule has 0 saturated heterocycles. The summed E-state index contributed by atoms with van der Waals surface area (Å²) in [4.78, 5) is 2.55. The van der Waals surface area contributed by atoms with E-state index in [0.29, 0.717) is 0 Å². The summed E-state index contributed by atoms with van der Waals surface area (Å²) in [5.41, 5.74) is 20.1. The monoisotopic (exact) mass is 607 g/mol. The second kappa shape index (κ2) is 10.3. The molecule has 0 aromatic heterocycles. The number of rotatable bonds is 4. The third-order valence-corrected chi connectivity index (χ3v) is 11.5. The predicted molar refractivity (Wildman–Crippen MR) is 198 cm³/mol. The first kappa shape index (κ1) is 28.4. The predicted octanol–water partition coefficient (Wildman–Crippen LogP) is 12.6. The van der Waals surface area contributed by atoms with Crippen molar-refractivity contribution in [1.82, 2.24) is 0 Å². The topological polar surface area (TPSA) is 3.24 Å². The second-order valence-corrected chi connectivity index (χ2v) is 14.7. The number of fused-ring (bicyclic) bond motifs is 8. The van der Waals surface area contributed by atoms with Gasteiger partial charge in [0.25, 0.3) is 0 Å². The van der Waals surface area contributed by atoms with Crippen LogP contribution in [0.4, 0.5) is 17.1 Å². The fourth-order valence-electron chi connectivity index (χ4n) is 9.16. The summed E-state index contributed by atoms with van der Waals surface area (Å²) in [7, 11) is 0. The van der Waals surface area contributed by atoms with Crippen LogP contribution in [0.25, 0.3) is 33.4 Å². The molecule has 6 aromatic carbocycles. The highest BCUT2D eigenvalue weighted by Gasteiger charge is 2.45. The van der Waals surface area contributed by atoms with Gasteiger partial charge in [0.1, 0.15) is 0 Å². The number of aryl methyl sites for hydroxylation is 2. The molecule has 1 nitrogen and oxygen atoms in total. The molecular weight excluding hydrogens is 567 g/mol. The van der Waals surface area contributed by atoms with Crippen molar-refractivity contribution < 1.29 is 0 Å². The molecule has 0 atom stereocenters. The fraction of sp³-hybridized carbons (Fsp3) is 0.217. The zero-order valence-corrected chi connectivity index (χ0v) is 27.9. The minimum Gasteiger partial charge on any atom is -0.310 e. The van der Waals surface area contributed by atoms with Crippen molar-refractivity contribution in [2.45, 2.75) is 64.2 Å². The molecule has 47 heavy (non-hydrogen) atoms. The van der Waals surface area contributed by atoms with E-state index < -0.39 is 0 Å². The largest absolute Gasteiger partial charge is 0.310 e. The van der Waals surface area contributed by atoms with Crippen LogP contribution in [0.1, 0.15) is 72.9 Å². The summed E-state index contributed by atoms with van der Waals surface area (Å²) >= 11 is 0. The molecule has 3 aliphatic rings. The molecular formula is C46H41N. The SMILES string of the molecule is Cc1ccc(-c2ccc(C)cc2N(c2ccc3c(c2)C(C)(C)c2ccccc2-3)c2ccc3c(c2)C2(CCCC2)c2ccccc2-3)cc1. The Hall–Kier alpha value is -4.88. The van der Waals surface area contributed by atoms with E-state index in [0.717, 1.165) is 0 Å². The van der Waals surface area contributed by atoms with E-state index in [2.05, 4.69) is 160 Å². The maximum absolute atomic E-state index is 2.55. The number of nitrogens with zero attached hydrogens (tertiary/aromatic N) is 1. The summed E-state index contributed by atoms with van der Waals surface area (Å²) in [6.45, 7) is 9.15. The van der Waals surface area contributed by atoms with Crippen molar-refractivity contribution in [3.63, 3.8) is 0 Å². The molecule has 0 aliphatic heterocycles. The van der Waals surface area contributed by atoms with E-state index >= 15 is 0 Å². The second-order valence-electron chi connectivity index (χ2n) is 14.7. The van der Waals surface area contributed by atoms with Gasteiger partial charge in [-0.15, -0.1) is 0 Å². The van der Waals surface area contributed by atoms with Gasteiger partial charge in [0.2, 0.25) is 0 Å². The van der Waals surface area contributed by atoms with Crippen molar-refractivity contribution >= 4 is 17.1 Å². The van der Waals surface area contributed by atoms with E-state index in [1.165, 1.54) is 110 Å². The van der Waals surface area contributed by atoms with Crippen LogP contribution in [0.5, 0.6) is 0 Å². The Kier molecular flexibility index (Phi) is 6.22. The fourth-order valence-corrected chi connectivity index (χ4v) is 9.16. The zero-order valence-electron chi connectivity index (χ0n) is 27.9. The first-order valence-electron chi connectivity index (χ1n) is 17.3. The van der Waals surface area contributed by atoms with Crippen LogP contribution in [-0.4, -0.2) is 0 Å². The maximum atomic E-state index is 2.55. The van der Waals surface area contributed by atoms with Crippen LogP contribution < -0.4 is 4.90 Å². The molecule has 1 saturated carbocycles. The van der Waals surface area contributed by atoms with Gasteiger partial charge in [-0.3, -0.25) is 0 Å². The normalized spacial score (nSPS) is 16.1. The lowest BCUT2D eigenvalue weighted by Crippen LogP contribution is -2.21. The molecule has 0 unspecified atom stereocenters. The Morgan fingerprint density at radius 1 is 0.468 bits per heavy atom. The molecule has 230 valence electrons. The Labute approximate surface area is 279 Å². The van der Waals surface area contributed by atoms with Crippen molar-refractivity contribution in [1.29, 1.82) is 0 Å². The van der Waals surface area contributed by atoms with Crippen molar-refractivity contribution in [2.24, 2.45) is 0 Å². The Morgan fingerprint density at radius 3 is 1.70 bits per heavy atom. The van der Waals surface area contributed by atoms with Crippen LogP contribution in [0, 0.1) is 13.8 Å². The van der Waals surface area contributed by atoms with Crippen LogP contribution in [0.2, 0.25) is 0 Å².